The first-order chi connectivity index (χ1) is 7.74. The highest BCUT2D eigenvalue weighted by molar-refractivity contribution is 5.69. The molecule has 6 nitrogen and oxygen atoms in total. The molecule has 16 heavy (non-hydrogen) atoms. The van der Waals surface area contributed by atoms with E-state index in [0.29, 0.717) is 12.5 Å². The molecule has 1 fully saturated rings. The number of nitrogens with zero attached hydrogens (tertiary/aromatic N) is 3. The molecule has 88 valence electrons. The summed E-state index contributed by atoms with van der Waals surface area (Å²) in [5.74, 6) is 0.435. The first-order valence-corrected chi connectivity index (χ1v) is 5.54. The largest absolute Gasteiger partial charge is 0.464 e. The molecule has 0 atom stereocenters. The van der Waals surface area contributed by atoms with Gasteiger partial charge in [0.1, 0.15) is 12.9 Å². The highest BCUT2D eigenvalue weighted by Crippen LogP contribution is 2.24. The van der Waals surface area contributed by atoms with Crippen LogP contribution in [0.5, 0.6) is 0 Å². The molecule has 0 aromatic carbocycles. The fourth-order valence-corrected chi connectivity index (χ4v) is 1.95. The van der Waals surface area contributed by atoms with Gasteiger partial charge in [-0.15, -0.1) is 5.10 Å². The zero-order valence-electron chi connectivity index (χ0n) is 9.13. The number of esters is 1. The molecule has 1 aliphatic carbocycles. The maximum atomic E-state index is 11.4. The van der Waals surface area contributed by atoms with E-state index in [1.54, 1.807) is 0 Å². The van der Waals surface area contributed by atoms with Crippen molar-refractivity contribution < 1.29 is 9.53 Å². The summed E-state index contributed by atoms with van der Waals surface area (Å²) in [4.78, 5) is 15.2. The van der Waals surface area contributed by atoms with Crippen molar-refractivity contribution in [2.45, 2.75) is 32.2 Å². The fraction of sp³-hybridized carbons (Fsp3) is 0.700. The van der Waals surface area contributed by atoms with E-state index in [1.165, 1.54) is 36.7 Å². The summed E-state index contributed by atoms with van der Waals surface area (Å²) in [6, 6.07) is 0. The van der Waals surface area contributed by atoms with Gasteiger partial charge in [0.2, 0.25) is 5.95 Å². The summed E-state index contributed by atoms with van der Waals surface area (Å²) in [7, 11) is 0. The summed E-state index contributed by atoms with van der Waals surface area (Å²) < 4.78 is 6.55. The van der Waals surface area contributed by atoms with Crippen LogP contribution in [0.1, 0.15) is 25.7 Å². The van der Waals surface area contributed by atoms with Crippen molar-refractivity contribution in [3.8, 4) is 0 Å². The summed E-state index contributed by atoms with van der Waals surface area (Å²) >= 11 is 0. The first kappa shape index (κ1) is 10.9. The second kappa shape index (κ2) is 4.96. The molecule has 0 spiro atoms. The maximum Gasteiger partial charge on any atom is 0.327 e. The molecule has 0 bridgehead atoms. The van der Waals surface area contributed by atoms with Crippen LogP contribution in [0.2, 0.25) is 0 Å². The second-order valence-electron chi connectivity index (χ2n) is 4.13. The fourth-order valence-electron chi connectivity index (χ4n) is 1.95. The van der Waals surface area contributed by atoms with Gasteiger partial charge in [-0.25, -0.2) is 9.67 Å². The average Bonchev–Trinajstić information content (AvgIpc) is 2.87. The Hall–Kier alpha value is -1.59. The monoisotopic (exact) mass is 224 g/mol. The Kier molecular flexibility index (Phi) is 3.38. The van der Waals surface area contributed by atoms with Crippen LogP contribution in [0.15, 0.2) is 6.33 Å². The predicted octanol–water partition coefficient (Wildman–Crippen LogP) is 0.594. The molecule has 0 amide bonds. The molecule has 0 saturated heterocycles. The lowest BCUT2D eigenvalue weighted by Crippen LogP contribution is -2.17. The van der Waals surface area contributed by atoms with Crippen molar-refractivity contribution in [3.05, 3.63) is 6.33 Å². The maximum absolute atomic E-state index is 11.4. The summed E-state index contributed by atoms with van der Waals surface area (Å²) in [6.07, 6.45) is 6.27. The third kappa shape index (κ3) is 2.95. The van der Waals surface area contributed by atoms with E-state index in [1.807, 2.05) is 0 Å². The smallest absolute Gasteiger partial charge is 0.327 e. The van der Waals surface area contributed by atoms with E-state index in [9.17, 15) is 4.79 Å². The standard InChI is InChI=1S/C10H16N4O2/c11-10-12-7-14(13-10)5-9(15)16-6-8-3-1-2-4-8/h7-8H,1-6H2,(H2,11,13). The van der Waals surface area contributed by atoms with E-state index < -0.39 is 0 Å². The van der Waals surface area contributed by atoms with Gasteiger partial charge in [0.15, 0.2) is 0 Å². The topological polar surface area (TPSA) is 83.0 Å². The van der Waals surface area contributed by atoms with Gasteiger partial charge >= 0.3 is 5.97 Å². The molecule has 0 radical (unpaired) electrons. The predicted molar refractivity (Wildman–Crippen MR) is 57.4 cm³/mol. The molecular weight excluding hydrogens is 208 g/mol. The number of rotatable bonds is 4. The van der Waals surface area contributed by atoms with E-state index in [4.69, 9.17) is 10.5 Å². The molecule has 2 N–H and O–H groups in total. The highest BCUT2D eigenvalue weighted by atomic mass is 16.5. The van der Waals surface area contributed by atoms with Gasteiger partial charge in [-0.05, 0) is 18.8 Å². The normalized spacial score (nSPS) is 16.5. The molecular formula is C10H16N4O2. The van der Waals surface area contributed by atoms with E-state index in [0.717, 1.165) is 0 Å². The van der Waals surface area contributed by atoms with E-state index in [-0.39, 0.29) is 18.5 Å². The number of anilines is 1. The number of ether oxygens (including phenoxy) is 1. The van der Waals surface area contributed by atoms with Gasteiger partial charge in [-0.3, -0.25) is 4.79 Å². The van der Waals surface area contributed by atoms with Crippen molar-refractivity contribution in [2.75, 3.05) is 12.3 Å². The summed E-state index contributed by atoms with van der Waals surface area (Å²) in [5, 5.41) is 3.81. The van der Waals surface area contributed by atoms with E-state index >= 15 is 0 Å². The van der Waals surface area contributed by atoms with Crippen molar-refractivity contribution in [1.82, 2.24) is 14.8 Å². The van der Waals surface area contributed by atoms with Gasteiger partial charge in [-0.1, -0.05) is 12.8 Å². The Labute approximate surface area is 93.8 Å². The number of aromatic nitrogens is 3. The number of nitrogens with two attached hydrogens (primary N) is 1. The number of carbonyl (C=O) groups is 1. The lowest BCUT2D eigenvalue weighted by atomic mass is 10.1. The van der Waals surface area contributed by atoms with Crippen molar-refractivity contribution in [1.29, 1.82) is 0 Å². The molecule has 0 unspecified atom stereocenters. The van der Waals surface area contributed by atoms with Gasteiger partial charge in [-0.2, -0.15) is 0 Å². The van der Waals surface area contributed by atoms with E-state index in [2.05, 4.69) is 10.1 Å². The van der Waals surface area contributed by atoms with Crippen LogP contribution in [0, 0.1) is 5.92 Å². The summed E-state index contributed by atoms with van der Waals surface area (Å²) in [5.41, 5.74) is 5.33. The molecule has 1 aliphatic rings. The molecule has 1 saturated carbocycles. The molecule has 2 rings (SSSR count). The number of hydrogen-bond donors (Lipinski definition) is 1. The van der Waals surface area contributed by atoms with Crippen LogP contribution in [0.4, 0.5) is 5.95 Å². The minimum atomic E-state index is -0.281. The number of hydrogen-bond acceptors (Lipinski definition) is 5. The third-order valence-corrected chi connectivity index (χ3v) is 2.80. The zero-order chi connectivity index (χ0) is 11.4. The van der Waals surface area contributed by atoms with Crippen molar-refractivity contribution >= 4 is 11.9 Å². The minimum Gasteiger partial charge on any atom is -0.464 e. The number of carbonyl (C=O) groups excluding carboxylic acids is 1. The SMILES string of the molecule is Nc1ncn(CC(=O)OCC2CCCC2)n1. The van der Waals surface area contributed by atoms with Crippen LogP contribution in [-0.4, -0.2) is 27.3 Å². The lowest BCUT2D eigenvalue weighted by Gasteiger charge is -2.09. The third-order valence-electron chi connectivity index (χ3n) is 2.80. The first-order valence-electron chi connectivity index (χ1n) is 5.54. The number of nitrogen functional groups attached to an aromatic ring is 1. The van der Waals surface area contributed by atoms with Crippen LogP contribution >= 0.6 is 0 Å². The van der Waals surface area contributed by atoms with Gasteiger partial charge in [0.05, 0.1) is 6.61 Å². The van der Waals surface area contributed by atoms with Crippen LogP contribution < -0.4 is 5.73 Å². The van der Waals surface area contributed by atoms with Crippen molar-refractivity contribution in [2.24, 2.45) is 5.92 Å². The Morgan fingerprint density at radius 1 is 1.56 bits per heavy atom. The van der Waals surface area contributed by atoms with Gasteiger partial charge < -0.3 is 10.5 Å². The average molecular weight is 224 g/mol. The highest BCUT2D eigenvalue weighted by Gasteiger charge is 2.17. The molecule has 0 aliphatic heterocycles. The second-order valence-corrected chi connectivity index (χ2v) is 4.13. The molecule has 1 aromatic rings. The van der Waals surface area contributed by atoms with Crippen LogP contribution in [0.3, 0.4) is 0 Å². The van der Waals surface area contributed by atoms with Gasteiger partial charge in [0.25, 0.3) is 0 Å². The van der Waals surface area contributed by atoms with Crippen LogP contribution in [-0.2, 0) is 16.1 Å². The zero-order valence-corrected chi connectivity index (χ0v) is 9.13. The Morgan fingerprint density at radius 2 is 2.31 bits per heavy atom. The summed E-state index contributed by atoms with van der Waals surface area (Å²) in [6.45, 7) is 0.611. The van der Waals surface area contributed by atoms with Crippen molar-refractivity contribution in [3.63, 3.8) is 0 Å². The molecule has 1 aromatic heterocycles. The lowest BCUT2D eigenvalue weighted by molar-refractivity contribution is -0.145. The minimum absolute atomic E-state index is 0.0803. The molecule has 6 heteroatoms. The Morgan fingerprint density at radius 3 is 2.94 bits per heavy atom. The Bertz CT molecular complexity index is 357. The molecule has 1 heterocycles. The quantitative estimate of drug-likeness (QED) is 0.757. The van der Waals surface area contributed by atoms with Gasteiger partial charge in [0, 0.05) is 0 Å². The Balaban J connectivity index is 1.71. The van der Waals surface area contributed by atoms with Crippen LogP contribution in [0.25, 0.3) is 0 Å².